The Morgan fingerprint density at radius 1 is 1.19 bits per heavy atom. The van der Waals surface area contributed by atoms with Gasteiger partial charge in [0.1, 0.15) is 18.2 Å². The van der Waals surface area contributed by atoms with Crippen LogP contribution in [0, 0.1) is 18.6 Å². The molecule has 1 aliphatic rings. The third-order valence-electron chi connectivity index (χ3n) is 4.34. The summed E-state index contributed by atoms with van der Waals surface area (Å²) in [5.41, 5.74) is 0.619. The number of aromatic nitrogens is 2. The van der Waals surface area contributed by atoms with Gasteiger partial charge in [0.25, 0.3) is 0 Å². The summed E-state index contributed by atoms with van der Waals surface area (Å²) in [5.74, 6) is -0.543. The molecular formula is C19H24F2N4O2. The summed E-state index contributed by atoms with van der Waals surface area (Å²) in [6.45, 7) is 5.80. The summed E-state index contributed by atoms with van der Waals surface area (Å²) in [7, 11) is 0. The van der Waals surface area contributed by atoms with Crippen molar-refractivity contribution in [3.63, 3.8) is 0 Å². The van der Waals surface area contributed by atoms with Gasteiger partial charge in [0.15, 0.2) is 17.4 Å². The van der Waals surface area contributed by atoms with E-state index < -0.39 is 11.6 Å². The van der Waals surface area contributed by atoms with Crippen molar-refractivity contribution < 1.29 is 18.3 Å². The van der Waals surface area contributed by atoms with E-state index in [-0.39, 0.29) is 17.5 Å². The summed E-state index contributed by atoms with van der Waals surface area (Å²) in [5, 5.41) is 6.10. The number of hydrogen-bond donors (Lipinski definition) is 2. The third-order valence-corrected chi connectivity index (χ3v) is 4.34. The second kappa shape index (κ2) is 8.94. The fourth-order valence-electron chi connectivity index (χ4n) is 2.82. The molecule has 0 unspecified atom stereocenters. The smallest absolute Gasteiger partial charge is 0.221 e. The standard InChI is InChI=1S/C19H24F2N4O2/c1-3-8-26-17-10-14(20)16(9-15(17)21)25-18-12(2)19(24-11-23-18)27-13-4-6-22-7-5-13/h9-11,13,22H,3-8H2,1-2H3,(H,23,24,25). The van der Waals surface area contributed by atoms with Gasteiger partial charge in [-0.1, -0.05) is 6.92 Å². The summed E-state index contributed by atoms with van der Waals surface area (Å²) < 4.78 is 39.7. The molecule has 8 heteroatoms. The minimum absolute atomic E-state index is 0.0223. The highest BCUT2D eigenvalue weighted by Gasteiger charge is 2.19. The van der Waals surface area contributed by atoms with Crippen LogP contribution in [0.15, 0.2) is 18.5 Å². The molecule has 27 heavy (non-hydrogen) atoms. The number of nitrogens with one attached hydrogen (secondary N) is 2. The molecule has 2 N–H and O–H groups in total. The molecule has 146 valence electrons. The molecule has 1 aromatic carbocycles. The molecule has 1 fully saturated rings. The predicted molar refractivity (Wildman–Crippen MR) is 98.7 cm³/mol. The van der Waals surface area contributed by atoms with E-state index in [1.54, 1.807) is 6.92 Å². The number of rotatable bonds is 7. The predicted octanol–water partition coefficient (Wildman–Crippen LogP) is 3.73. The van der Waals surface area contributed by atoms with Crippen LogP contribution in [0.25, 0.3) is 0 Å². The van der Waals surface area contributed by atoms with Gasteiger partial charge >= 0.3 is 0 Å². The van der Waals surface area contributed by atoms with E-state index in [4.69, 9.17) is 9.47 Å². The van der Waals surface area contributed by atoms with Crippen LogP contribution in [0.2, 0.25) is 0 Å². The largest absolute Gasteiger partial charge is 0.490 e. The molecule has 0 amide bonds. The zero-order chi connectivity index (χ0) is 19.2. The first-order valence-electron chi connectivity index (χ1n) is 9.16. The Labute approximate surface area is 157 Å². The first-order chi connectivity index (χ1) is 13.1. The quantitative estimate of drug-likeness (QED) is 0.765. The molecule has 2 heterocycles. The van der Waals surface area contributed by atoms with Gasteiger partial charge in [0.2, 0.25) is 5.88 Å². The minimum Gasteiger partial charge on any atom is -0.490 e. The van der Waals surface area contributed by atoms with Crippen LogP contribution in [0.4, 0.5) is 20.3 Å². The number of hydrogen-bond acceptors (Lipinski definition) is 6. The molecule has 1 saturated heterocycles. The molecule has 0 spiro atoms. The molecule has 2 aromatic rings. The van der Waals surface area contributed by atoms with Crippen LogP contribution in [-0.2, 0) is 0 Å². The maximum absolute atomic E-state index is 14.4. The number of piperidine rings is 1. The van der Waals surface area contributed by atoms with Crippen molar-refractivity contribution in [1.82, 2.24) is 15.3 Å². The first-order valence-corrected chi connectivity index (χ1v) is 9.16. The van der Waals surface area contributed by atoms with Crippen molar-refractivity contribution in [2.24, 2.45) is 0 Å². The van der Waals surface area contributed by atoms with Gasteiger partial charge in [-0.3, -0.25) is 0 Å². The number of benzene rings is 1. The second-order valence-electron chi connectivity index (χ2n) is 6.46. The molecule has 0 bridgehead atoms. The zero-order valence-corrected chi connectivity index (χ0v) is 15.5. The molecule has 3 rings (SSSR count). The van der Waals surface area contributed by atoms with Gasteiger partial charge in [-0.15, -0.1) is 0 Å². The number of nitrogens with zero attached hydrogens (tertiary/aromatic N) is 2. The molecule has 0 radical (unpaired) electrons. The van der Waals surface area contributed by atoms with Gasteiger partial charge < -0.3 is 20.1 Å². The fraction of sp³-hybridized carbons (Fsp3) is 0.474. The van der Waals surface area contributed by atoms with Gasteiger partial charge in [-0.25, -0.2) is 18.7 Å². The Balaban J connectivity index is 1.77. The Hall–Kier alpha value is -2.48. The van der Waals surface area contributed by atoms with Crippen LogP contribution < -0.4 is 20.1 Å². The van der Waals surface area contributed by atoms with Crippen LogP contribution in [-0.4, -0.2) is 35.8 Å². The Kier molecular flexibility index (Phi) is 6.39. The summed E-state index contributed by atoms with van der Waals surface area (Å²) in [6.07, 6.45) is 3.92. The third kappa shape index (κ3) is 4.82. The molecule has 1 aromatic heterocycles. The molecule has 1 aliphatic heterocycles. The maximum atomic E-state index is 14.4. The SMILES string of the molecule is CCCOc1cc(F)c(Nc2ncnc(OC3CCNCC3)c2C)cc1F. The maximum Gasteiger partial charge on any atom is 0.221 e. The molecule has 6 nitrogen and oxygen atoms in total. The van der Waals surface area contributed by atoms with Crippen LogP contribution in [0.5, 0.6) is 11.6 Å². The minimum atomic E-state index is -0.634. The lowest BCUT2D eigenvalue weighted by Crippen LogP contribution is -2.34. The monoisotopic (exact) mass is 378 g/mol. The summed E-state index contributed by atoms with van der Waals surface area (Å²) in [6, 6.07) is 2.10. The molecule has 0 atom stereocenters. The average Bonchev–Trinajstić information content (AvgIpc) is 2.67. The highest BCUT2D eigenvalue weighted by molar-refractivity contribution is 5.62. The van der Waals surface area contributed by atoms with Gasteiger partial charge in [0.05, 0.1) is 17.9 Å². The van der Waals surface area contributed by atoms with Crippen molar-refractivity contribution in [2.45, 2.75) is 39.2 Å². The topological polar surface area (TPSA) is 68.3 Å². The fourth-order valence-corrected chi connectivity index (χ4v) is 2.82. The first kappa shape index (κ1) is 19.3. The van der Waals surface area contributed by atoms with E-state index in [0.29, 0.717) is 30.3 Å². The van der Waals surface area contributed by atoms with Crippen LogP contribution in [0.1, 0.15) is 31.7 Å². The summed E-state index contributed by atoms with van der Waals surface area (Å²) in [4.78, 5) is 8.32. The van der Waals surface area contributed by atoms with Gasteiger partial charge in [-0.2, -0.15) is 0 Å². The van der Waals surface area contributed by atoms with Crippen molar-refractivity contribution in [1.29, 1.82) is 0 Å². The van der Waals surface area contributed by atoms with E-state index >= 15 is 0 Å². The zero-order valence-electron chi connectivity index (χ0n) is 15.5. The normalized spacial score (nSPS) is 14.8. The van der Waals surface area contributed by atoms with Gasteiger partial charge in [-0.05, 0) is 39.3 Å². The Bertz CT molecular complexity index is 783. The molecule has 0 aliphatic carbocycles. The lowest BCUT2D eigenvalue weighted by Gasteiger charge is -2.24. The highest BCUT2D eigenvalue weighted by Crippen LogP contribution is 2.30. The highest BCUT2D eigenvalue weighted by atomic mass is 19.1. The summed E-state index contributed by atoms with van der Waals surface area (Å²) >= 11 is 0. The van der Waals surface area contributed by atoms with Crippen molar-refractivity contribution in [2.75, 3.05) is 25.0 Å². The van der Waals surface area contributed by atoms with E-state index in [0.717, 1.165) is 38.1 Å². The lowest BCUT2D eigenvalue weighted by molar-refractivity contribution is 0.154. The lowest BCUT2D eigenvalue weighted by atomic mass is 10.1. The van der Waals surface area contributed by atoms with Crippen LogP contribution in [0.3, 0.4) is 0 Å². The van der Waals surface area contributed by atoms with Crippen molar-refractivity contribution in [3.8, 4) is 11.6 Å². The van der Waals surface area contributed by atoms with Crippen molar-refractivity contribution >= 4 is 11.5 Å². The molecule has 0 saturated carbocycles. The average molecular weight is 378 g/mol. The number of anilines is 2. The Morgan fingerprint density at radius 3 is 2.70 bits per heavy atom. The van der Waals surface area contributed by atoms with E-state index in [1.807, 2.05) is 6.92 Å². The number of ether oxygens (including phenoxy) is 2. The molecular weight excluding hydrogens is 354 g/mol. The van der Waals surface area contributed by atoms with Gasteiger partial charge in [0, 0.05) is 12.1 Å². The van der Waals surface area contributed by atoms with E-state index in [2.05, 4.69) is 20.6 Å². The Morgan fingerprint density at radius 2 is 1.96 bits per heavy atom. The van der Waals surface area contributed by atoms with E-state index in [1.165, 1.54) is 6.33 Å². The van der Waals surface area contributed by atoms with Crippen molar-refractivity contribution in [3.05, 3.63) is 35.7 Å². The second-order valence-corrected chi connectivity index (χ2v) is 6.46. The number of halogens is 2. The van der Waals surface area contributed by atoms with Crippen LogP contribution >= 0.6 is 0 Å². The van der Waals surface area contributed by atoms with E-state index in [9.17, 15) is 8.78 Å².